The second-order valence-electron chi connectivity index (χ2n) is 3.92. The molecule has 0 spiro atoms. The Morgan fingerprint density at radius 1 is 0.571 bits per heavy atom. The van der Waals surface area contributed by atoms with Crippen molar-refractivity contribution >= 4 is 29.8 Å². The standard InChI is InChI=1S/C4H13N3.5C2H4O2.Mn/c5-1-3-7-4-2-6;5*1-2(3)4;/h7H,1-6H2;5*1H3,(H,3,4);. The van der Waals surface area contributed by atoms with Gasteiger partial charge in [0.1, 0.15) is 0 Å². The summed E-state index contributed by atoms with van der Waals surface area (Å²) in [6.45, 7) is 8.55. The Labute approximate surface area is 174 Å². The van der Waals surface area contributed by atoms with Crippen LogP contribution < -0.4 is 16.8 Å². The number of aliphatic carboxylic acids is 5. The Morgan fingerprint density at radius 2 is 0.679 bits per heavy atom. The Kier molecular flexibility index (Phi) is 71.0. The van der Waals surface area contributed by atoms with Crippen molar-refractivity contribution in [3.8, 4) is 0 Å². The van der Waals surface area contributed by atoms with Gasteiger partial charge in [-0.3, -0.25) is 24.0 Å². The number of hydrogen-bond acceptors (Lipinski definition) is 8. The molecule has 28 heavy (non-hydrogen) atoms. The summed E-state index contributed by atoms with van der Waals surface area (Å²) >= 11 is 0. The summed E-state index contributed by atoms with van der Waals surface area (Å²) in [5.41, 5.74) is 10.3. The molecule has 0 aliphatic carbocycles. The first-order valence-electron chi connectivity index (χ1n) is 7.16. The zero-order valence-electron chi connectivity index (χ0n) is 16.6. The molecule has 0 aliphatic heterocycles. The number of carboxylic acids is 5. The molecule has 0 fully saturated rings. The van der Waals surface area contributed by atoms with Gasteiger partial charge in [0.2, 0.25) is 0 Å². The molecule has 10 N–H and O–H groups in total. The summed E-state index contributed by atoms with van der Waals surface area (Å²) in [5.74, 6) is -4.17. The minimum absolute atomic E-state index is 0. The molecule has 13 nitrogen and oxygen atoms in total. The van der Waals surface area contributed by atoms with Gasteiger partial charge in [-0.2, -0.15) is 0 Å². The molecule has 0 bridgehead atoms. The zero-order valence-corrected chi connectivity index (χ0v) is 17.8. The normalized spacial score (nSPS) is 6.82. The van der Waals surface area contributed by atoms with Crippen LogP contribution in [0.25, 0.3) is 0 Å². The van der Waals surface area contributed by atoms with Gasteiger partial charge in [-0.05, 0) is 0 Å². The molecule has 0 aromatic carbocycles. The van der Waals surface area contributed by atoms with E-state index >= 15 is 0 Å². The van der Waals surface area contributed by atoms with E-state index in [0.29, 0.717) is 13.1 Å². The van der Waals surface area contributed by atoms with Crippen molar-refractivity contribution in [1.29, 1.82) is 0 Å². The summed E-state index contributed by atoms with van der Waals surface area (Å²) in [6, 6.07) is 0. The van der Waals surface area contributed by atoms with Gasteiger partial charge in [0.05, 0.1) is 0 Å². The van der Waals surface area contributed by atoms with Crippen LogP contribution in [-0.4, -0.2) is 81.6 Å². The zero-order chi connectivity index (χ0) is 23.4. The topological polar surface area (TPSA) is 251 Å². The van der Waals surface area contributed by atoms with E-state index in [4.69, 9.17) is 61.0 Å². The predicted molar refractivity (Wildman–Crippen MR) is 97.5 cm³/mol. The minimum Gasteiger partial charge on any atom is -0.481 e. The molecule has 1 radical (unpaired) electrons. The average molecular weight is 458 g/mol. The molecular weight excluding hydrogens is 425 g/mol. The molecule has 0 aliphatic rings. The number of carbonyl (C=O) groups is 5. The molecule has 14 heteroatoms. The smallest absolute Gasteiger partial charge is 0.300 e. The van der Waals surface area contributed by atoms with Crippen molar-refractivity contribution in [2.24, 2.45) is 11.5 Å². The molecule has 0 rings (SSSR count). The van der Waals surface area contributed by atoms with Crippen LogP contribution in [0.3, 0.4) is 0 Å². The van der Waals surface area contributed by atoms with E-state index in [0.717, 1.165) is 47.7 Å². The molecule has 0 aromatic rings. The molecular formula is C14H33MnN3O10. The Balaban J connectivity index is -0.0000000382. The van der Waals surface area contributed by atoms with Gasteiger partial charge in [0, 0.05) is 77.9 Å². The molecule has 171 valence electrons. The predicted octanol–water partition coefficient (Wildman–Crippen LogP) is -1.05. The first-order chi connectivity index (χ1) is 12.1. The molecule has 0 heterocycles. The maximum absolute atomic E-state index is 9.00. The van der Waals surface area contributed by atoms with Gasteiger partial charge in [0.15, 0.2) is 0 Å². The molecule has 0 unspecified atom stereocenters. The van der Waals surface area contributed by atoms with Crippen LogP contribution in [0.2, 0.25) is 0 Å². The average Bonchev–Trinajstić information content (AvgIpc) is 2.35. The summed E-state index contributed by atoms with van der Waals surface area (Å²) in [6.07, 6.45) is 0. The van der Waals surface area contributed by atoms with Crippen LogP contribution in [0.4, 0.5) is 0 Å². The maximum atomic E-state index is 9.00. The van der Waals surface area contributed by atoms with E-state index in [1.54, 1.807) is 0 Å². The number of carboxylic acid groups (broad SMARTS) is 5. The van der Waals surface area contributed by atoms with Gasteiger partial charge < -0.3 is 42.3 Å². The van der Waals surface area contributed by atoms with Crippen molar-refractivity contribution in [3.05, 3.63) is 0 Å². The molecule has 0 saturated carbocycles. The fourth-order valence-corrected chi connectivity index (χ4v) is 0.329. The molecule has 0 saturated heterocycles. The van der Waals surface area contributed by atoms with Crippen molar-refractivity contribution in [2.75, 3.05) is 26.2 Å². The van der Waals surface area contributed by atoms with Gasteiger partial charge >= 0.3 is 0 Å². The second-order valence-corrected chi connectivity index (χ2v) is 3.92. The SMILES string of the molecule is CC(=O)O.CC(=O)O.CC(=O)O.CC(=O)O.CC(=O)O.NCCNCCN.[Mn]. The van der Waals surface area contributed by atoms with Gasteiger partial charge in [0.25, 0.3) is 29.8 Å². The number of hydrogen-bond donors (Lipinski definition) is 8. The summed E-state index contributed by atoms with van der Waals surface area (Å²) in [5, 5.41) is 40.1. The molecule has 0 amide bonds. The van der Waals surface area contributed by atoms with E-state index in [1.165, 1.54) is 0 Å². The Hall–Kier alpha value is -2.25. The Morgan fingerprint density at radius 3 is 0.750 bits per heavy atom. The van der Waals surface area contributed by atoms with Crippen LogP contribution in [0, 0.1) is 0 Å². The van der Waals surface area contributed by atoms with E-state index in [9.17, 15) is 0 Å². The van der Waals surface area contributed by atoms with Crippen LogP contribution >= 0.6 is 0 Å². The van der Waals surface area contributed by atoms with Crippen molar-refractivity contribution in [2.45, 2.75) is 34.6 Å². The van der Waals surface area contributed by atoms with E-state index in [1.807, 2.05) is 0 Å². The van der Waals surface area contributed by atoms with E-state index in [-0.39, 0.29) is 17.1 Å². The fourth-order valence-electron chi connectivity index (χ4n) is 0.329. The third kappa shape index (κ3) is 4020. The number of nitrogens with one attached hydrogen (secondary N) is 1. The summed E-state index contributed by atoms with van der Waals surface area (Å²) in [7, 11) is 0. The van der Waals surface area contributed by atoms with E-state index < -0.39 is 29.8 Å². The van der Waals surface area contributed by atoms with Crippen LogP contribution in [0.1, 0.15) is 34.6 Å². The monoisotopic (exact) mass is 458 g/mol. The maximum Gasteiger partial charge on any atom is 0.300 e. The van der Waals surface area contributed by atoms with E-state index in [2.05, 4.69) is 5.32 Å². The first-order valence-corrected chi connectivity index (χ1v) is 7.16. The van der Waals surface area contributed by atoms with Crippen LogP contribution in [-0.2, 0) is 41.0 Å². The van der Waals surface area contributed by atoms with Crippen molar-refractivity contribution < 1.29 is 66.6 Å². The van der Waals surface area contributed by atoms with Crippen molar-refractivity contribution in [1.82, 2.24) is 5.32 Å². The number of rotatable bonds is 4. The van der Waals surface area contributed by atoms with Gasteiger partial charge in [-0.25, -0.2) is 0 Å². The van der Waals surface area contributed by atoms with Crippen molar-refractivity contribution in [3.63, 3.8) is 0 Å². The second kappa shape index (κ2) is 44.3. The largest absolute Gasteiger partial charge is 0.481 e. The van der Waals surface area contributed by atoms with Gasteiger partial charge in [-0.15, -0.1) is 0 Å². The van der Waals surface area contributed by atoms with Gasteiger partial charge in [-0.1, -0.05) is 0 Å². The third-order valence-corrected chi connectivity index (χ3v) is 0.642. The summed E-state index contributed by atoms with van der Waals surface area (Å²) in [4.78, 5) is 45.0. The Bertz CT molecular complexity index is 289. The van der Waals surface area contributed by atoms with Crippen LogP contribution in [0.5, 0.6) is 0 Å². The molecule has 0 aromatic heterocycles. The number of nitrogens with two attached hydrogens (primary N) is 2. The fraction of sp³-hybridized carbons (Fsp3) is 0.643. The molecule has 0 atom stereocenters. The first kappa shape index (κ1) is 44.9. The summed E-state index contributed by atoms with van der Waals surface area (Å²) < 4.78 is 0. The quantitative estimate of drug-likeness (QED) is 0.185. The van der Waals surface area contributed by atoms with Crippen LogP contribution in [0.15, 0.2) is 0 Å². The third-order valence-electron chi connectivity index (χ3n) is 0.642. The minimum atomic E-state index is -0.833.